The zero-order valence-electron chi connectivity index (χ0n) is 19.2. The van der Waals surface area contributed by atoms with E-state index in [1.54, 1.807) is 0 Å². The number of anilines is 2. The van der Waals surface area contributed by atoms with Gasteiger partial charge in [0, 0.05) is 31.2 Å². The Labute approximate surface area is 199 Å². The highest BCUT2D eigenvalue weighted by Gasteiger charge is 2.31. The first-order valence-corrected chi connectivity index (χ1v) is 10.8. The van der Waals surface area contributed by atoms with Crippen molar-refractivity contribution in [2.24, 2.45) is 0 Å². The van der Waals surface area contributed by atoms with Crippen LogP contribution >= 0.6 is 0 Å². The van der Waals surface area contributed by atoms with E-state index in [-0.39, 0.29) is 11.9 Å². The Bertz CT molecular complexity index is 1220. The van der Waals surface area contributed by atoms with E-state index in [0.29, 0.717) is 36.7 Å². The van der Waals surface area contributed by atoms with Crippen molar-refractivity contribution >= 4 is 17.8 Å². The number of rotatable bonds is 4. The quantitative estimate of drug-likeness (QED) is 0.537. The Balaban J connectivity index is 1.49. The summed E-state index contributed by atoms with van der Waals surface area (Å²) in [5.41, 5.74) is 2.17. The Morgan fingerprint density at radius 2 is 1.77 bits per heavy atom. The van der Waals surface area contributed by atoms with Crippen LogP contribution in [0.3, 0.4) is 0 Å². The molecule has 9 nitrogen and oxygen atoms in total. The number of carboxylic acid groups (broad SMARTS) is 1. The summed E-state index contributed by atoms with van der Waals surface area (Å²) in [4.78, 5) is 23.0. The summed E-state index contributed by atoms with van der Waals surface area (Å²) in [6, 6.07) is 4.95. The molecule has 0 radical (unpaired) electrons. The van der Waals surface area contributed by atoms with E-state index >= 15 is 0 Å². The topological polar surface area (TPSA) is 105 Å². The summed E-state index contributed by atoms with van der Waals surface area (Å²) in [6.45, 7) is 7.72. The van der Waals surface area contributed by atoms with Gasteiger partial charge in [0.05, 0.1) is 23.7 Å². The molecule has 0 saturated carbocycles. The number of hydrogen-bond acceptors (Lipinski definition) is 8. The van der Waals surface area contributed by atoms with Crippen molar-refractivity contribution in [2.45, 2.75) is 33.0 Å². The highest BCUT2D eigenvalue weighted by atomic mass is 19.4. The predicted octanol–water partition coefficient (Wildman–Crippen LogP) is 4.34. The Morgan fingerprint density at radius 1 is 1.06 bits per heavy atom. The van der Waals surface area contributed by atoms with Crippen LogP contribution in [0.15, 0.2) is 36.7 Å². The van der Waals surface area contributed by atoms with Crippen LogP contribution in [-0.4, -0.2) is 57.1 Å². The molecule has 4 rings (SSSR count). The number of nitrogens with zero attached hydrogens (tertiary/aromatic N) is 6. The summed E-state index contributed by atoms with van der Waals surface area (Å²) in [7, 11) is 0. The van der Waals surface area contributed by atoms with Crippen LogP contribution in [-0.2, 0) is 6.18 Å². The van der Waals surface area contributed by atoms with Gasteiger partial charge in [0.25, 0.3) is 0 Å². The minimum atomic E-state index is -4.39. The van der Waals surface area contributed by atoms with Gasteiger partial charge in [0.1, 0.15) is 5.82 Å². The van der Waals surface area contributed by atoms with Crippen LogP contribution in [0, 0.1) is 13.8 Å². The van der Waals surface area contributed by atoms with Crippen LogP contribution in [0.1, 0.15) is 23.6 Å². The molecule has 12 heteroatoms. The second-order valence-corrected chi connectivity index (χ2v) is 8.27. The summed E-state index contributed by atoms with van der Waals surface area (Å²) in [6.07, 6.45) is -3.11. The highest BCUT2D eigenvalue weighted by molar-refractivity contribution is 5.67. The number of piperazine rings is 1. The zero-order valence-corrected chi connectivity index (χ0v) is 19.2. The third kappa shape index (κ3) is 5.10. The van der Waals surface area contributed by atoms with E-state index < -0.39 is 17.9 Å². The fourth-order valence-electron chi connectivity index (χ4n) is 4.07. The van der Waals surface area contributed by atoms with Crippen molar-refractivity contribution in [3.63, 3.8) is 0 Å². The Morgan fingerprint density at radius 3 is 2.34 bits per heavy atom. The molecule has 1 aliphatic rings. The van der Waals surface area contributed by atoms with Gasteiger partial charge in [-0.2, -0.15) is 13.2 Å². The van der Waals surface area contributed by atoms with Gasteiger partial charge in [0.2, 0.25) is 5.88 Å². The minimum absolute atomic E-state index is 0.0420. The average molecular weight is 488 g/mol. The SMILES string of the molecule is Cc1c(-c2ccc(C(F)(F)F)cc2)nnc(N2CCN(c3cnc(OC(=O)O)cn3)[C@H](C)C2)c1C. The first-order chi connectivity index (χ1) is 16.5. The minimum Gasteiger partial charge on any atom is -0.449 e. The van der Waals surface area contributed by atoms with Crippen molar-refractivity contribution in [2.75, 3.05) is 29.4 Å². The lowest BCUT2D eigenvalue weighted by Crippen LogP contribution is -2.53. The molecule has 1 fully saturated rings. The third-order valence-corrected chi connectivity index (χ3v) is 6.01. The van der Waals surface area contributed by atoms with Crippen LogP contribution < -0.4 is 14.5 Å². The Kier molecular flexibility index (Phi) is 6.46. The maximum atomic E-state index is 12.9. The lowest BCUT2D eigenvalue weighted by atomic mass is 10.0. The normalized spacial score (nSPS) is 16.3. The maximum absolute atomic E-state index is 12.9. The van der Waals surface area contributed by atoms with E-state index in [1.807, 2.05) is 20.8 Å². The molecule has 1 aromatic carbocycles. The molecule has 1 aliphatic heterocycles. The monoisotopic (exact) mass is 488 g/mol. The molecule has 1 atom stereocenters. The van der Waals surface area contributed by atoms with E-state index in [4.69, 9.17) is 5.11 Å². The summed E-state index contributed by atoms with van der Waals surface area (Å²) in [5, 5.41) is 17.4. The van der Waals surface area contributed by atoms with E-state index in [1.165, 1.54) is 24.5 Å². The predicted molar refractivity (Wildman–Crippen MR) is 122 cm³/mol. The lowest BCUT2D eigenvalue weighted by molar-refractivity contribution is -0.137. The number of aromatic nitrogens is 4. The van der Waals surface area contributed by atoms with E-state index in [0.717, 1.165) is 29.1 Å². The van der Waals surface area contributed by atoms with Gasteiger partial charge >= 0.3 is 12.3 Å². The Hall–Kier alpha value is -3.96. The molecule has 0 spiro atoms. The number of halogens is 3. The molecule has 3 heterocycles. The number of benzene rings is 1. The van der Waals surface area contributed by atoms with Crippen LogP contribution in [0.25, 0.3) is 11.3 Å². The summed E-state index contributed by atoms with van der Waals surface area (Å²) >= 11 is 0. The smallest absolute Gasteiger partial charge is 0.449 e. The van der Waals surface area contributed by atoms with Crippen molar-refractivity contribution < 1.29 is 27.8 Å². The molecule has 0 aliphatic carbocycles. The first kappa shape index (κ1) is 24.2. The molecule has 3 aromatic rings. The lowest BCUT2D eigenvalue weighted by Gasteiger charge is -2.41. The largest absolute Gasteiger partial charge is 0.512 e. The van der Waals surface area contributed by atoms with Crippen LogP contribution in [0.5, 0.6) is 5.88 Å². The van der Waals surface area contributed by atoms with Crippen molar-refractivity contribution in [3.8, 4) is 17.1 Å². The summed E-state index contributed by atoms with van der Waals surface area (Å²) in [5.74, 6) is 1.23. The first-order valence-electron chi connectivity index (χ1n) is 10.8. The molecule has 0 bridgehead atoms. The molecule has 1 N–H and O–H groups in total. The number of carbonyl (C=O) groups is 1. The number of ether oxygens (including phenoxy) is 1. The molecule has 0 amide bonds. The average Bonchev–Trinajstić information content (AvgIpc) is 2.81. The fraction of sp³-hybridized carbons (Fsp3) is 0.348. The van der Waals surface area contributed by atoms with Gasteiger partial charge in [-0.3, -0.25) is 0 Å². The van der Waals surface area contributed by atoms with Gasteiger partial charge in [-0.1, -0.05) is 12.1 Å². The highest BCUT2D eigenvalue weighted by Crippen LogP contribution is 2.33. The third-order valence-electron chi connectivity index (χ3n) is 6.01. The standard InChI is InChI=1S/C23H23F3N6O3/c1-13-12-31(8-9-32(13)18-10-28-19(11-27-18)35-22(33)34)21-15(3)14(2)20(29-30-21)16-4-6-17(7-5-16)23(24,25)26/h4-7,10-11,13H,8-9,12H2,1-3H3,(H,33,34)/t13-/m1/s1. The number of hydrogen-bond donors (Lipinski definition) is 1. The zero-order chi connectivity index (χ0) is 25.3. The molecule has 35 heavy (non-hydrogen) atoms. The van der Waals surface area contributed by atoms with Gasteiger partial charge in [-0.15, -0.1) is 10.2 Å². The van der Waals surface area contributed by atoms with Gasteiger partial charge in [-0.25, -0.2) is 14.8 Å². The van der Waals surface area contributed by atoms with Crippen LogP contribution in [0.4, 0.5) is 29.6 Å². The number of alkyl halides is 3. The van der Waals surface area contributed by atoms with Crippen molar-refractivity contribution in [3.05, 3.63) is 53.3 Å². The summed E-state index contributed by atoms with van der Waals surface area (Å²) < 4.78 is 43.1. The molecule has 2 aromatic heterocycles. The van der Waals surface area contributed by atoms with Gasteiger partial charge in [0.15, 0.2) is 5.82 Å². The molecular weight excluding hydrogens is 465 g/mol. The van der Waals surface area contributed by atoms with Gasteiger partial charge < -0.3 is 19.6 Å². The van der Waals surface area contributed by atoms with Crippen molar-refractivity contribution in [1.29, 1.82) is 0 Å². The van der Waals surface area contributed by atoms with E-state index in [2.05, 4.69) is 34.7 Å². The molecule has 1 saturated heterocycles. The van der Waals surface area contributed by atoms with Gasteiger partial charge in [-0.05, 0) is 44.0 Å². The maximum Gasteiger partial charge on any atom is 0.512 e. The molecule has 184 valence electrons. The second-order valence-electron chi connectivity index (χ2n) is 8.27. The van der Waals surface area contributed by atoms with Crippen molar-refractivity contribution in [1.82, 2.24) is 20.2 Å². The molecule has 0 unspecified atom stereocenters. The molecular formula is C23H23F3N6O3. The van der Waals surface area contributed by atoms with Crippen LogP contribution in [0.2, 0.25) is 0 Å². The fourth-order valence-corrected chi connectivity index (χ4v) is 4.07. The second kappa shape index (κ2) is 9.35. The van der Waals surface area contributed by atoms with E-state index in [9.17, 15) is 18.0 Å².